The summed E-state index contributed by atoms with van der Waals surface area (Å²) in [6.07, 6.45) is 0.0651. The smallest absolute Gasteiger partial charge is 0.247 e. The molecule has 0 saturated carbocycles. The van der Waals surface area contributed by atoms with Gasteiger partial charge in [0, 0.05) is 24.7 Å². The maximum atomic E-state index is 5.90. The Morgan fingerprint density at radius 1 is 1.33 bits per heavy atom. The molecule has 1 aliphatic heterocycles. The molecule has 1 fully saturated rings. The van der Waals surface area contributed by atoms with Crippen LogP contribution in [0.25, 0.3) is 11.5 Å². The number of rotatable bonds is 4. The molecule has 2 aromatic rings. The van der Waals surface area contributed by atoms with Crippen LogP contribution in [0, 0.1) is 0 Å². The Hall–Kier alpha value is -1.76. The third-order valence-electron chi connectivity index (χ3n) is 3.61. The summed E-state index contributed by atoms with van der Waals surface area (Å²) in [5.74, 6) is 1.18. The van der Waals surface area contributed by atoms with E-state index in [4.69, 9.17) is 14.9 Å². The number of benzene rings is 1. The third kappa shape index (κ3) is 3.47. The summed E-state index contributed by atoms with van der Waals surface area (Å²) >= 11 is 0. The highest BCUT2D eigenvalue weighted by atomic mass is 16.5. The van der Waals surface area contributed by atoms with Crippen molar-refractivity contribution in [3.05, 3.63) is 36.2 Å². The Morgan fingerprint density at radius 3 is 2.90 bits per heavy atom. The van der Waals surface area contributed by atoms with E-state index in [0.717, 1.165) is 18.7 Å². The van der Waals surface area contributed by atoms with E-state index in [1.165, 1.54) is 0 Å². The van der Waals surface area contributed by atoms with Crippen LogP contribution < -0.4 is 5.73 Å². The first-order chi connectivity index (χ1) is 10.2. The number of hydrogen-bond donors (Lipinski definition) is 1. The van der Waals surface area contributed by atoms with Crippen molar-refractivity contribution in [2.24, 2.45) is 5.73 Å². The van der Waals surface area contributed by atoms with Crippen LogP contribution in [0.1, 0.15) is 12.8 Å². The predicted octanol–water partition coefficient (Wildman–Crippen LogP) is 1.28. The number of aromatic nitrogens is 2. The average molecular weight is 288 g/mol. The molecule has 6 nitrogen and oxygen atoms in total. The van der Waals surface area contributed by atoms with Crippen molar-refractivity contribution in [1.29, 1.82) is 0 Å². The predicted molar refractivity (Wildman–Crippen MR) is 78.4 cm³/mol. The Kier molecular flexibility index (Phi) is 4.28. The van der Waals surface area contributed by atoms with Crippen molar-refractivity contribution in [3.8, 4) is 11.5 Å². The van der Waals surface area contributed by atoms with Gasteiger partial charge in [0.1, 0.15) is 0 Å². The summed E-state index contributed by atoms with van der Waals surface area (Å²) < 4.78 is 11.4. The molecule has 2 heterocycles. The third-order valence-corrected chi connectivity index (χ3v) is 3.61. The summed E-state index contributed by atoms with van der Waals surface area (Å²) in [7, 11) is 0. The van der Waals surface area contributed by atoms with Crippen LogP contribution in [-0.2, 0) is 11.3 Å². The second-order valence-corrected chi connectivity index (χ2v) is 5.37. The van der Waals surface area contributed by atoms with Gasteiger partial charge in [-0.3, -0.25) is 4.90 Å². The summed E-state index contributed by atoms with van der Waals surface area (Å²) in [4.78, 5) is 2.24. The molecule has 2 N–H and O–H groups in total. The van der Waals surface area contributed by atoms with E-state index in [2.05, 4.69) is 15.1 Å². The summed E-state index contributed by atoms with van der Waals surface area (Å²) in [6.45, 7) is 4.93. The van der Waals surface area contributed by atoms with E-state index in [1.54, 1.807) is 0 Å². The van der Waals surface area contributed by atoms with Crippen molar-refractivity contribution in [2.45, 2.75) is 25.6 Å². The first-order valence-electron chi connectivity index (χ1n) is 7.20. The summed E-state index contributed by atoms with van der Waals surface area (Å²) in [5, 5.41) is 8.23. The largest absolute Gasteiger partial charge is 0.419 e. The van der Waals surface area contributed by atoms with Crippen molar-refractivity contribution in [2.75, 3.05) is 19.7 Å². The van der Waals surface area contributed by atoms with Gasteiger partial charge in [-0.1, -0.05) is 18.2 Å². The molecular weight excluding hydrogens is 268 g/mol. The van der Waals surface area contributed by atoms with Gasteiger partial charge in [-0.2, -0.15) is 0 Å². The second kappa shape index (κ2) is 6.34. The zero-order chi connectivity index (χ0) is 14.7. The normalized spacial score (nSPS) is 21.3. The zero-order valence-electron chi connectivity index (χ0n) is 12.1. The highest BCUT2D eigenvalue weighted by molar-refractivity contribution is 5.51. The molecule has 0 amide bonds. The maximum Gasteiger partial charge on any atom is 0.247 e. The molecule has 0 radical (unpaired) electrons. The Bertz CT molecular complexity index is 570. The van der Waals surface area contributed by atoms with Gasteiger partial charge in [0.2, 0.25) is 11.8 Å². The highest BCUT2D eigenvalue weighted by Gasteiger charge is 2.24. The van der Waals surface area contributed by atoms with Crippen LogP contribution in [0.5, 0.6) is 0 Å². The lowest BCUT2D eigenvalue weighted by Gasteiger charge is -2.33. The molecule has 6 heteroatoms. The monoisotopic (exact) mass is 288 g/mol. The number of nitrogens with two attached hydrogens (primary N) is 1. The van der Waals surface area contributed by atoms with Gasteiger partial charge in [-0.15, -0.1) is 10.2 Å². The minimum atomic E-state index is 0.0235. The molecule has 1 aromatic carbocycles. The van der Waals surface area contributed by atoms with E-state index in [0.29, 0.717) is 24.9 Å². The molecule has 0 aliphatic carbocycles. The maximum absolute atomic E-state index is 5.90. The number of ether oxygens (including phenoxy) is 1. The van der Waals surface area contributed by atoms with E-state index in [9.17, 15) is 0 Å². The summed E-state index contributed by atoms with van der Waals surface area (Å²) in [6, 6.07) is 9.80. The zero-order valence-corrected chi connectivity index (χ0v) is 12.1. The van der Waals surface area contributed by atoms with Gasteiger partial charge in [0.25, 0.3) is 0 Å². The van der Waals surface area contributed by atoms with Crippen LogP contribution in [0.15, 0.2) is 34.7 Å². The lowest BCUT2D eigenvalue weighted by molar-refractivity contribution is -0.0423. The number of morpholine rings is 1. The lowest BCUT2D eigenvalue weighted by atomic mass is 10.1. The van der Waals surface area contributed by atoms with Gasteiger partial charge < -0.3 is 14.9 Å². The standard InChI is InChI=1S/C15H20N4O2/c1-11(16)13-9-19(7-8-20-13)10-14-17-18-15(21-14)12-5-3-2-4-6-12/h2-6,11,13H,7-10,16H2,1H3. The van der Waals surface area contributed by atoms with Crippen LogP contribution in [0.4, 0.5) is 0 Å². The van der Waals surface area contributed by atoms with Gasteiger partial charge in [-0.05, 0) is 19.1 Å². The van der Waals surface area contributed by atoms with Crippen molar-refractivity contribution in [3.63, 3.8) is 0 Å². The number of hydrogen-bond acceptors (Lipinski definition) is 6. The average Bonchev–Trinajstić information content (AvgIpc) is 2.97. The summed E-state index contributed by atoms with van der Waals surface area (Å²) in [5.41, 5.74) is 6.84. The molecule has 21 heavy (non-hydrogen) atoms. The van der Waals surface area contributed by atoms with E-state index in [-0.39, 0.29) is 12.1 Å². The molecule has 0 spiro atoms. The highest BCUT2D eigenvalue weighted by Crippen LogP contribution is 2.18. The van der Waals surface area contributed by atoms with Gasteiger partial charge in [0.05, 0.1) is 19.3 Å². The van der Waals surface area contributed by atoms with Gasteiger partial charge >= 0.3 is 0 Å². The molecule has 3 rings (SSSR count). The van der Waals surface area contributed by atoms with E-state index < -0.39 is 0 Å². The number of nitrogens with zero attached hydrogens (tertiary/aromatic N) is 3. The Morgan fingerprint density at radius 2 is 2.14 bits per heavy atom. The molecule has 0 bridgehead atoms. The van der Waals surface area contributed by atoms with Gasteiger partial charge in [0.15, 0.2) is 0 Å². The topological polar surface area (TPSA) is 77.4 Å². The second-order valence-electron chi connectivity index (χ2n) is 5.37. The van der Waals surface area contributed by atoms with Crippen LogP contribution in [0.2, 0.25) is 0 Å². The van der Waals surface area contributed by atoms with Crippen LogP contribution >= 0.6 is 0 Å². The molecular formula is C15H20N4O2. The van der Waals surface area contributed by atoms with Gasteiger partial charge in [-0.25, -0.2) is 0 Å². The molecule has 1 saturated heterocycles. The fourth-order valence-corrected chi connectivity index (χ4v) is 2.40. The molecule has 1 aromatic heterocycles. The fourth-order valence-electron chi connectivity index (χ4n) is 2.40. The first-order valence-corrected chi connectivity index (χ1v) is 7.20. The van der Waals surface area contributed by atoms with E-state index >= 15 is 0 Å². The minimum absolute atomic E-state index is 0.0235. The molecule has 2 unspecified atom stereocenters. The molecule has 1 aliphatic rings. The Labute approximate surface area is 123 Å². The van der Waals surface area contributed by atoms with Crippen molar-refractivity contribution >= 4 is 0 Å². The Balaban J connectivity index is 1.65. The van der Waals surface area contributed by atoms with Crippen molar-refractivity contribution < 1.29 is 9.15 Å². The minimum Gasteiger partial charge on any atom is -0.419 e. The molecule has 2 atom stereocenters. The van der Waals surface area contributed by atoms with Crippen LogP contribution in [0.3, 0.4) is 0 Å². The van der Waals surface area contributed by atoms with E-state index in [1.807, 2.05) is 37.3 Å². The van der Waals surface area contributed by atoms with Crippen LogP contribution in [-0.4, -0.2) is 46.9 Å². The van der Waals surface area contributed by atoms with Crippen molar-refractivity contribution in [1.82, 2.24) is 15.1 Å². The quantitative estimate of drug-likeness (QED) is 0.913. The SMILES string of the molecule is CC(N)C1CN(Cc2nnc(-c3ccccc3)o2)CCO1. The first kappa shape index (κ1) is 14.2. The fraction of sp³-hybridized carbons (Fsp3) is 0.467. The molecule has 112 valence electrons. The lowest BCUT2D eigenvalue weighted by Crippen LogP contribution is -2.49.